The lowest BCUT2D eigenvalue weighted by Crippen LogP contribution is -2.58. The van der Waals surface area contributed by atoms with Crippen LogP contribution < -0.4 is 15.3 Å². The number of nitrogens with zero attached hydrogens (tertiary/aromatic N) is 6. The van der Waals surface area contributed by atoms with Gasteiger partial charge in [-0.2, -0.15) is 18.2 Å². The molecule has 4 heterocycles. The molecule has 0 spiro atoms. The molecule has 2 N–H and O–H groups in total. The molecule has 0 radical (unpaired) electrons. The Morgan fingerprint density at radius 2 is 1.74 bits per heavy atom. The zero-order valence-corrected chi connectivity index (χ0v) is 32.7. The van der Waals surface area contributed by atoms with E-state index in [1.54, 1.807) is 24.8 Å². The van der Waals surface area contributed by atoms with E-state index in [1.165, 1.54) is 11.1 Å². The summed E-state index contributed by atoms with van der Waals surface area (Å²) in [6.45, 7) is 18.1. The van der Waals surface area contributed by atoms with Crippen molar-refractivity contribution in [1.29, 1.82) is 0 Å². The first-order chi connectivity index (χ1) is 25.0. The van der Waals surface area contributed by atoms with Crippen LogP contribution in [0.15, 0.2) is 41.3 Å². The number of ether oxygens (including phenoxy) is 1. The Labute approximate surface area is 311 Å². The van der Waals surface area contributed by atoms with Crippen molar-refractivity contribution in [2.75, 3.05) is 31.2 Å². The van der Waals surface area contributed by atoms with Crippen LogP contribution in [0.25, 0.3) is 28.0 Å². The number of phenols is 1. The molecule has 1 aliphatic heterocycles. The monoisotopic (exact) mass is 774 g/mol. The summed E-state index contributed by atoms with van der Waals surface area (Å²) >= 11 is 0. The maximum absolute atomic E-state index is 16.3. The van der Waals surface area contributed by atoms with Gasteiger partial charge >= 0.3 is 18.0 Å². The van der Waals surface area contributed by atoms with Gasteiger partial charge in [0.1, 0.15) is 35.3 Å². The predicted octanol–water partition coefficient (Wildman–Crippen LogP) is 7.81. The van der Waals surface area contributed by atoms with Crippen LogP contribution in [0, 0.1) is 5.82 Å². The Balaban J connectivity index is 1.77. The van der Waals surface area contributed by atoms with Gasteiger partial charge < -0.3 is 29.2 Å². The molecule has 0 bridgehead atoms. The minimum absolute atomic E-state index is 0.00192. The molecule has 12 nitrogen and oxygen atoms in total. The van der Waals surface area contributed by atoms with E-state index in [0.29, 0.717) is 11.8 Å². The maximum atomic E-state index is 16.3. The van der Waals surface area contributed by atoms with E-state index in [2.05, 4.69) is 48.8 Å². The molecule has 292 valence electrons. The normalized spacial score (nSPS) is 17.1. The number of amides is 1. The second kappa shape index (κ2) is 14.8. The molecule has 0 unspecified atom stereocenters. The van der Waals surface area contributed by atoms with Crippen molar-refractivity contribution >= 4 is 31.3 Å². The van der Waals surface area contributed by atoms with Crippen molar-refractivity contribution < 1.29 is 41.7 Å². The van der Waals surface area contributed by atoms with Crippen LogP contribution in [0.3, 0.4) is 0 Å². The fraction of sp³-hybridized carbons (Fsp3) is 0.486. The molecule has 54 heavy (non-hydrogen) atoms. The van der Waals surface area contributed by atoms with Gasteiger partial charge in [0, 0.05) is 43.0 Å². The van der Waals surface area contributed by atoms with Gasteiger partial charge in [-0.25, -0.2) is 23.5 Å². The fourth-order valence-electron chi connectivity index (χ4n) is 6.25. The van der Waals surface area contributed by atoms with Crippen molar-refractivity contribution in [3.63, 3.8) is 0 Å². The number of para-hydroxylation sites is 1. The van der Waals surface area contributed by atoms with Gasteiger partial charge in [0.2, 0.25) is 0 Å². The number of anilines is 1. The van der Waals surface area contributed by atoms with Gasteiger partial charge in [-0.05, 0) is 56.1 Å². The molecule has 1 aromatic carbocycles. The third kappa shape index (κ3) is 7.73. The highest BCUT2D eigenvalue weighted by atomic mass is 28.4. The quantitative estimate of drug-likeness (QED) is 0.0983. The van der Waals surface area contributed by atoms with Crippen molar-refractivity contribution in [2.45, 2.75) is 90.8 Å². The molecule has 1 aliphatic rings. The summed E-state index contributed by atoms with van der Waals surface area (Å²) in [4.78, 5) is 42.7. The fourth-order valence-corrected chi connectivity index (χ4v) is 7.27. The summed E-state index contributed by atoms with van der Waals surface area (Å²) in [6, 6.07) is 4.28. The Bertz CT molecular complexity index is 2120. The first-order valence-corrected chi connectivity index (χ1v) is 20.5. The smallest absolute Gasteiger partial charge is 0.419 e. The van der Waals surface area contributed by atoms with E-state index in [-0.39, 0.29) is 65.5 Å². The lowest BCUT2D eigenvalue weighted by Gasteiger charge is -2.43. The van der Waals surface area contributed by atoms with Gasteiger partial charge in [0.05, 0.1) is 23.3 Å². The highest BCUT2D eigenvalue weighted by molar-refractivity contribution is 6.74. The number of piperazine rings is 1. The Morgan fingerprint density at radius 1 is 1.06 bits per heavy atom. The maximum Gasteiger partial charge on any atom is 0.419 e. The second-order valence-corrected chi connectivity index (χ2v) is 20.2. The Morgan fingerprint density at radius 3 is 2.35 bits per heavy atom. The van der Waals surface area contributed by atoms with Crippen LogP contribution >= 0.6 is 0 Å². The molecule has 1 saturated heterocycles. The zero-order valence-electron chi connectivity index (χ0n) is 31.7. The molecule has 0 aliphatic carbocycles. The molecule has 5 rings (SSSR count). The summed E-state index contributed by atoms with van der Waals surface area (Å²) in [5.74, 6) is -2.42. The molecule has 4 aromatic rings. The number of fused-ring (bicyclic) bond motifs is 1. The molecule has 17 heteroatoms. The summed E-state index contributed by atoms with van der Waals surface area (Å²) in [5, 5.41) is 20.5. The molecule has 1 fully saturated rings. The molecular formula is C37H46F4N6O6Si. The highest BCUT2D eigenvalue weighted by Gasteiger charge is 2.38. The van der Waals surface area contributed by atoms with E-state index < -0.39 is 66.7 Å². The average molecular weight is 775 g/mol. The van der Waals surface area contributed by atoms with Crippen molar-refractivity contribution in [2.24, 2.45) is 0 Å². The number of rotatable bonds is 9. The van der Waals surface area contributed by atoms with Crippen molar-refractivity contribution in [3.05, 3.63) is 64.1 Å². The third-order valence-corrected chi connectivity index (χ3v) is 14.7. The SMILES string of the molecule is CC(C)c1nccc(OCCO[Si](C)(C)C(C)(C)C)c1-n1c(=O)nc(N2C[C@@H](C)N(C(=O)O)C[C@@H]2C)c2cc(F)c(-c3cccc(C(F)(F)F)c3O)nc21. The number of aromatic hydroxyl groups is 1. The number of aromatic nitrogens is 4. The summed E-state index contributed by atoms with van der Waals surface area (Å²) < 4.78 is 71.5. The number of pyridine rings is 2. The number of benzene rings is 1. The van der Waals surface area contributed by atoms with Gasteiger partial charge in [0.15, 0.2) is 19.8 Å². The Kier molecular flexibility index (Phi) is 11.1. The van der Waals surface area contributed by atoms with Gasteiger partial charge in [-0.15, -0.1) is 0 Å². The van der Waals surface area contributed by atoms with Crippen LogP contribution in [-0.4, -0.2) is 87.4 Å². The largest absolute Gasteiger partial charge is 0.507 e. The van der Waals surface area contributed by atoms with Crippen LogP contribution in [0.1, 0.15) is 65.6 Å². The zero-order chi connectivity index (χ0) is 40.1. The minimum Gasteiger partial charge on any atom is -0.507 e. The second-order valence-electron chi connectivity index (χ2n) is 15.4. The number of phenolic OH excluding ortho intramolecular Hbond substituents is 1. The first-order valence-electron chi connectivity index (χ1n) is 17.6. The number of carbonyl (C=O) groups is 1. The van der Waals surface area contributed by atoms with E-state index in [1.807, 2.05) is 13.8 Å². The number of halogens is 4. The molecular weight excluding hydrogens is 729 g/mol. The van der Waals surface area contributed by atoms with Crippen LogP contribution in [0.2, 0.25) is 18.1 Å². The summed E-state index contributed by atoms with van der Waals surface area (Å²) in [6.07, 6.45) is -4.57. The molecule has 3 aromatic heterocycles. The number of hydrogen-bond donors (Lipinski definition) is 2. The van der Waals surface area contributed by atoms with Crippen molar-refractivity contribution in [3.8, 4) is 28.4 Å². The van der Waals surface area contributed by atoms with E-state index in [9.17, 15) is 33.0 Å². The number of hydrogen-bond acceptors (Lipinski definition) is 9. The standard InChI is InChI=1S/C37H46F4N6O6Si/c1-20(2)28-30(27(13-14-42-28)52-15-16-53-54(8,9)36(5,6)7)47-33-24(32(44-34(47)49)45-18-22(4)46(35(50)51)19-21(45)3)17-26(38)29(43-33)23-11-10-12-25(31(23)48)37(39,40)41/h10-14,17,20-22,48H,15-16,18-19H2,1-9H3,(H,50,51)/t21-,22+/m0/s1. The molecule has 0 saturated carbocycles. The minimum atomic E-state index is -4.96. The molecule has 1 amide bonds. The molecule has 2 atom stereocenters. The van der Waals surface area contributed by atoms with Crippen molar-refractivity contribution in [1.82, 2.24) is 24.4 Å². The first kappa shape index (κ1) is 40.4. The van der Waals surface area contributed by atoms with Gasteiger partial charge in [0.25, 0.3) is 0 Å². The third-order valence-electron chi connectivity index (χ3n) is 10.2. The topological polar surface area (TPSA) is 143 Å². The van der Waals surface area contributed by atoms with Crippen LogP contribution in [0.4, 0.5) is 28.2 Å². The number of carboxylic acid groups (broad SMARTS) is 1. The van der Waals surface area contributed by atoms with Crippen LogP contribution in [-0.2, 0) is 10.6 Å². The lowest BCUT2D eigenvalue weighted by molar-refractivity contribution is -0.138. The number of alkyl halides is 3. The summed E-state index contributed by atoms with van der Waals surface area (Å²) in [5.41, 5.74) is -3.13. The van der Waals surface area contributed by atoms with E-state index in [0.717, 1.165) is 22.8 Å². The van der Waals surface area contributed by atoms with Gasteiger partial charge in [-0.3, -0.25) is 4.98 Å². The predicted molar refractivity (Wildman–Crippen MR) is 199 cm³/mol. The lowest BCUT2D eigenvalue weighted by atomic mass is 10.0. The average Bonchev–Trinajstić information content (AvgIpc) is 3.06. The summed E-state index contributed by atoms with van der Waals surface area (Å²) in [7, 11) is -2.14. The van der Waals surface area contributed by atoms with E-state index >= 15 is 4.39 Å². The highest BCUT2D eigenvalue weighted by Crippen LogP contribution is 2.43. The van der Waals surface area contributed by atoms with Gasteiger partial charge in [-0.1, -0.05) is 40.7 Å². The van der Waals surface area contributed by atoms with Crippen LogP contribution in [0.5, 0.6) is 11.5 Å². The Hall–Kier alpha value is -4.77. The van der Waals surface area contributed by atoms with E-state index in [4.69, 9.17) is 9.16 Å².